The molecule has 0 bridgehead atoms. The van der Waals surface area contributed by atoms with E-state index in [1.54, 1.807) is 0 Å². The lowest BCUT2D eigenvalue weighted by atomic mass is 9.98. The smallest absolute Gasteiger partial charge is 0.220 e. The Morgan fingerprint density at radius 1 is 1.44 bits per heavy atom. The van der Waals surface area contributed by atoms with Crippen LogP contribution in [0.5, 0.6) is 0 Å². The molecule has 0 aromatic heterocycles. The molecule has 0 radical (unpaired) electrons. The number of amides is 1. The molecular formula is C6H11N2O-. The van der Waals surface area contributed by atoms with E-state index in [1.807, 2.05) is 0 Å². The van der Waals surface area contributed by atoms with Crippen LogP contribution in [0.2, 0.25) is 0 Å². The summed E-state index contributed by atoms with van der Waals surface area (Å²) in [6, 6.07) is 0. The van der Waals surface area contributed by atoms with Crippen molar-refractivity contribution in [3.63, 3.8) is 0 Å². The van der Waals surface area contributed by atoms with Gasteiger partial charge in [0.1, 0.15) is 0 Å². The number of hydrogen-bond donors (Lipinski definition) is 1. The van der Waals surface area contributed by atoms with Crippen LogP contribution in [0.25, 0.3) is 5.32 Å². The van der Waals surface area contributed by atoms with E-state index in [0.717, 1.165) is 25.9 Å². The number of piperidine rings is 1. The maximum absolute atomic E-state index is 10.5. The first-order chi connectivity index (χ1) is 4.30. The highest BCUT2D eigenvalue weighted by Gasteiger charge is 2.12. The molecule has 0 unspecified atom stereocenters. The lowest BCUT2D eigenvalue weighted by molar-refractivity contribution is -0.122. The van der Waals surface area contributed by atoms with Gasteiger partial charge in [-0.1, -0.05) is 12.8 Å². The van der Waals surface area contributed by atoms with Gasteiger partial charge < -0.3 is 11.1 Å². The zero-order chi connectivity index (χ0) is 6.69. The van der Waals surface area contributed by atoms with Gasteiger partial charge in [-0.25, -0.2) is 0 Å². The number of hydrogen-bond acceptors (Lipinski definition) is 1. The normalized spacial score (nSPS) is 21.8. The molecule has 0 saturated carbocycles. The number of rotatable bonds is 1. The fourth-order valence-electron chi connectivity index (χ4n) is 1.03. The van der Waals surface area contributed by atoms with Gasteiger partial charge in [0.15, 0.2) is 0 Å². The van der Waals surface area contributed by atoms with Crippen LogP contribution < -0.4 is 5.73 Å². The highest BCUT2D eigenvalue weighted by Crippen LogP contribution is 2.16. The van der Waals surface area contributed by atoms with E-state index in [1.165, 1.54) is 0 Å². The summed E-state index contributed by atoms with van der Waals surface area (Å²) >= 11 is 0. The molecule has 3 heteroatoms. The van der Waals surface area contributed by atoms with Gasteiger partial charge in [-0.3, -0.25) is 4.79 Å². The van der Waals surface area contributed by atoms with Gasteiger partial charge in [0.2, 0.25) is 5.91 Å². The molecule has 1 aliphatic rings. The fraction of sp³-hybridized carbons (Fsp3) is 0.833. The minimum absolute atomic E-state index is 0.0995. The van der Waals surface area contributed by atoms with Crippen molar-refractivity contribution in [2.75, 3.05) is 13.1 Å². The van der Waals surface area contributed by atoms with Crippen molar-refractivity contribution in [3.8, 4) is 0 Å². The third-order valence-electron chi connectivity index (χ3n) is 1.67. The standard InChI is InChI=1S/C6H11N2O/c7-6(9)5-1-3-8-4-2-5/h5H,1-4H2,(H2,7,9)/q-1. The lowest BCUT2D eigenvalue weighted by Crippen LogP contribution is -2.27. The maximum atomic E-state index is 10.5. The Kier molecular flexibility index (Phi) is 2.05. The summed E-state index contributed by atoms with van der Waals surface area (Å²) in [7, 11) is 0. The molecule has 0 atom stereocenters. The van der Waals surface area contributed by atoms with Crippen LogP contribution in [0.1, 0.15) is 12.8 Å². The number of carbonyl (C=O) groups is 1. The highest BCUT2D eigenvalue weighted by molar-refractivity contribution is 5.76. The first-order valence-corrected chi connectivity index (χ1v) is 3.23. The highest BCUT2D eigenvalue weighted by atomic mass is 16.1. The zero-order valence-electron chi connectivity index (χ0n) is 5.34. The maximum Gasteiger partial charge on any atom is 0.220 e. The van der Waals surface area contributed by atoms with Gasteiger partial charge >= 0.3 is 0 Å². The van der Waals surface area contributed by atoms with Crippen molar-refractivity contribution in [2.24, 2.45) is 11.7 Å². The van der Waals surface area contributed by atoms with Gasteiger partial charge in [-0.05, 0) is 0 Å². The molecule has 1 rings (SSSR count). The molecule has 2 N–H and O–H groups in total. The molecule has 3 nitrogen and oxygen atoms in total. The number of nitrogens with zero attached hydrogens (tertiary/aromatic N) is 1. The van der Waals surface area contributed by atoms with Gasteiger partial charge in [0.05, 0.1) is 0 Å². The fourth-order valence-corrected chi connectivity index (χ4v) is 1.03. The number of primary amides is 1. The van der Waals surface area contributed by atoms with Crippen LogP contribution in [0.15, 0.2) is 0 Å². The SMILES string of the molecule is NC(=O)C1CC[N-]CC1. The molecule has 9 heavy (non-hydrogen) atoms. The molecule has 0 aliphatic carbocycles. The molecule has 0 aromatic rings. The molecule has 1 heterocycles. The largest absolute Gasteiger partial charge is 0.662 e. The second kappa shape index (κ2) is 2.82. The Labute approximate surface area is 54.6 Å². The number of nitrogens with two attached hydrogens (primary N) is 1. The summed E-state index contributed by atoms with van der Waals surface area (Å²) < 4.78 is 0. The topological polar surface area (TPSA) is 57.2 Å². The van der Waals surface area contributed by atoms with Crippen molar-refractivity contribution in [2.45, 2.75) is 12.8 Å². The summed E-state index contributed by atoms with van der Waals surface area (Å²) in [5, 5.41) is 4.10. The van der Waals surface area contributed by atoms with Crippen LogP contribution in [0, 0.1) is 5.92 Å². The van der Waals surface area contributed by atoms with Crippen molar-refractivity contribution in [1.82, 2.24) is 0 Å². The van der Waals surface area contributed by atoms with Crippen molar-refractivity contribution < 1.29 is 4.79 Å². The number of carbonyl (C=O) groups excluding carboxylic acids is 1. The van der Waals surface area contributed by atoms with E-state index >= 15 is 0 Å². The Bertz CT molecular complexity index is 108. The van der Waals surface area contributed by atoms with Gasteiger partial charge in [-0.2, -0.15) is 0 Å². The van der Waals surface area contributed by atoms with Crippen molar-refractivity contribution in [3.05, 3.63) is 5.32 Å². The molecule has 1 aliphatic heterocycles. The van der Waals surface area contributed by atoms with Crippen LogP contribution in [0.4, 0.5) is 0 Å². The summed E-state index contributed by atoms with van der Waals surface area (Å²) in [5.41, 5.74) is 5.09. The Morgan fingerprint density at radius 2 is 2.00 bits per heavy atom. The van der Waals surface area contributed by atoms with Gasteiger partial charge in [0.25, 0.3) is 0 Å². The molecule has 1 amide bonds. The quantitative estimate of drug-likeness (QED) is 0.539. The minimum Gasteiger partial charge on any atom is -0.662 e. The van der Waals surface area contributed by atoms with Crippen LogP contribution in [-0.4, -0.2) is 19.0 Å². The van der Waals surface area contributed by atoms with Crippen LogP contribution in [-0.2, 0) is 4.79 Å². The second-order valence-corrected chi connectivity index (χ2v) is 2.35. The van der Waals surface area contributed by atoms with Gasteiger partial charge in [0, 0.05) is 5.92 Å². The first-order valence-electron chi connectivity index (χ1n) is 3.23. The molecule has 1 fully saturated rings. The van der Waals surface area contributed by atoms with E-state index < -0.39 is 0 Å². The predicted molar refractivity (Wildman–Crippen MR) is 35.0 cm³/mol. The third kappa shape index (κ3) is 1.68. The second-order valence-electron chi connectivity index (χ2n) is 2.35. The molecule has 0 aromatic carbocycles. The van der Waals surface area contributed by atoms with E-state index in [0.29, 0.717) is 0 Å². The van der Waals surface area contributed by atoms with Crippen molar-refractivity contribution in [1.29, 1.82) is 0 Å². The van der Waals surface area contributed by atoms with Gasteiger partial charge in [-0.15, -0.1) is 13.1 Å². The molecule has 1 saturated heterocycles. The monoisotopic (exact) mass is 127 g/mol. The minimum atomic E-state index is -0.162. The first kappa shape index (κ1) is 6.55. The summed E-state index contributed by atoms with van der Waals surface area (Å²) in [6.45, 7) is 1.63. The Balaban J connectivity index is 2.31. The van der Waals surface area contributed by atoms with E-state index in [2.05, 4.69) is 5.32 Å². The Hall–Kier alpha value is -0.570. The van der Waals surface area contributed by atoms with E-state index in [-0.39, 0.29) is 11.8 Å². The predicted octanol–water partition coefficient (Wildman–Crippen LogP) is 0.255. The molecule has 0 spiro atoms. The summed E-state index contributed by atoms with van der Waals surface area (Å²) in [4.78, 5) is 10.5. The average molecular weight is 127 g/mol. The zero-order valence-corrected chi connectivity index (χ0v) is 5.34. The summed E-state index contributed by atoms with van der Waals surface area (Å²) in [6.07, 6.45) is 1.71. The third-order valence-corrected chi connectivity index (χ3v) is 1.67. The molecular weight excluding hydrogens is 116 g/mol. The van der Waals surface area contributed by atoms with Crippen molar-refractivity contribution >= 4 is 5.91 Å². The lowest BCUT2D eigenvalue weighted by Gasteiger charge is -2.29. The molecule has 52 valence electrons. The van der Waals surface area contributed by atoms with E-state index in [9.17, 15) is 4.79 Å². The van der Waals surface area contributed by atoms with Crippen LogP contribution in [0.3, 0.4) is 0 Å². The Morgan fingerprint density at radius 3 is 2.33 bits per heavy atom. The van der Waals surface area contributed by atoms with E-state index in [4.69, 9.17) is 5.73 Å². The summed E-state index contributed by atoms with van der Waals surface area (Å²) in [5.74, 6) is -0.0626. The average Bonchev–Trinajstić information content (AvgIpc) is 1.90. The van der Waals surface area contributed by atoms with Crippen LogP contribution >= 0.6 is 0 Å².